The molecule has 1 aromatic heterocycles. The van der Waals surface area contributed by atoms with Crippen molar-refractivity contribution in [1.29, 1.82) is 0 Å². The highest BCUT2D eigenvalue weighted by molar-refractivity contribution is 5.75. The minimum absolute atomic E-state index is 0.0939. The lowest BCUT2D eigenvalue weighted by atomic mass is 10.1. The van der Waals surface area contributed by atoms with Crippen LogP contribution in [0.1, 0.15) is 42.8 Å². The Morgan fingerprint density at radius 2 is 2.12 bits per heavy atom. The number of aryl methyl sites for hydroxylation is 1. The van der Waals surface area contributed by atoms with Crippen molar-refractivity contribution in [2.75, 3.05) is 13.2 Å². The van der Waals surface area contributed by atoms with Crippen LogP contribution in [-0.4, -0.2) is 51.2 Å². The third kappa shape index (κ3) is 4.00. The molecule has 1 saturated heterocycles. The largest absolute Gasteiger partial charge is 0.408 e. The van der Waals surface area contributed by atoms with Crippen molar-refractivity contribution < 1.29 is 23.1 Å². The number of aliphatic hydroxyl groups excluding tert-OH is 1. The third-order valence-corrected chi connectivity index (χ3v) is 4.39. The number of urea groups is 1. The number of hydrogen-bond acceptors (Lipinski definition) is 3. The Hall–Kier alpha value is -1.77. The normalized spacial score (nSPS) is 19.6. The number of nitrogens with zero attached hydrogens (tertiary/aromatic N) is 3. The molecule has 0 bridgehead atoms. The van der Waals surface area contributed by atoms with Crippen LogP contribution in [0, 0.1) is 13.8 Å². The minimum atomic E-state index is -4.35. The first kappa shape index (κ1) is 18.6. The summed E-state index contributed by atoms with van der Waals surface area (Å²) < 4.78 is 38.7. The molecular formula is C15H23F3N4O2. The second-order valence-corrected chi connectivity index (χ2v) is 6.20. The third-order valence-electron chi connectivity index (χ3n) is 4.39. The van der Waals surface area contributed by atoms with Crippen LogP contribution in [-0.2, 0) is 6.54 Å². The number of aliphatic hydroxyl groups is 1. The van der Waals surface area contributed by atoms with Crippen LogP contribution < -0.4 is 5.32 Å². The summed E-state index contributed by atoms with van der Waals surface area (Å²) in [6.45, 7) is 4.23. The van der Waals surface area contributed by atoms with Gasteiger partial charge in [0, 0.05) is 17.8 Å². The van der Waals surface area contributed by atoms with E-state index in [1.54, 1.807) is 25.7 Å². The summed E-state index contributed by atoms with van der Waals surface area (Å²) >= 11 is 0. The van der Waals surface area contributed by atoms with E-state index in [0.29, 0.717) is 23.5 Å². The van der Waals surface area contributed by atoms with E-state index in [0.717, 1.165) is 17.5 Å². The zero-order valence-electron chi connectivity index (χ0n) is 14.0. The van der Waals surface area contributed by atoms with Crippen LogP contribution in [0.2, 0.25) is 0 Å². The Bertz CT molecular complexity index is 600. The molecule has 0 unspecified atom stereocenters. The van der Waals surface area contributed by atoms with Crippen molar-refractivity contribution in [3.05, 3.63) is 17.0 Å². The first-order chi connectivity index (χ1) is 11.1. The Balaban J connectivity index is 2.12. The molecule has 1 aliphatic heterocycles. The zero-order valence-corrected chi connectivity index (χ0v) is 14.0. The molecule has 2 amide bonds. The highest BCUT2D eigenvalue weighted by Gasteiger charge is 2.32. The van der Waals surface area contributed by atoms with Gasteiger partial charge in [0.05, 0.1) is 24.4 Å². The predicted molar refractivity (Wildman–Crippen MR) is 81.5 cm³/mol. The molecule has 2 heterocycles. The number of amides is 2. The number of nitrogens with one attached hydrogen (secondary N) is 1. The van der Waals surface area contributed by atoms with Crippen LogP contribution >= 0.6 is 0 Å². The molecule has 0 spiro atoms. The molecule has 1 aliphatic rings. The van der Waals surface area contributed by atoms with Crippen molar-refractivity contribution in [2.24, 2.45) is 0 Å². The monoisotopic (exact) mass is 348 g/mol. The number of alkyl halides is 3. The maximum absolute atomic E-state index is 12.6. The number of aromatic nitrogens is 2. The fourth-order valence-corrected chi connectivity index (χ4v) is 3.29. The van der Waals surface area contributed by atoms with Crippen molar-refractivity contribution in [1.82, 2.24) is 20.0 Å². The summed E-state index contributed by atoms with van der Waals surface area (Å²) in [5.41, 5.74) is 1.44. The van der Waals surface area contributed by atoms with E-state index in [-0.39, 0.29) is 18.7 Å². The Labute approximate surface area is 138 Å². The zero-order chi connectivity index (χ0) is 18.1. The van der Waals surface area contributed by atoms with Crippen LogP contribution in [0.3, 0.4) is 0 Å². The van der Waals surface area contributed by atoms with Gasteiger partial charge >= 0.3 is 12.2 Å². The van der Waals surface area contributed by atoms with Gasteiger partial charge in [-0.15, -0.1) is 0 Å². The van der Waals surface area contributed by atoms with Crippen LogP contribution in [0.15, 0.2) is 0 Å². The van der Waals surface area contributed by atoms with E-state index in [1.807, 2.05) is 0 Å². The lowest BCUT2D eigenvalue weighted by molar-refractivity contribution is -0.143. The van der Waals surface area contributed by atoms with E-state index in [2.05, 4.69) is 10.4 Å². The fraction of sp³-hybridized carbons (Fsp3) is 0.733. The van der Waals surface area contributed by atoms with Crippen molar-refractivity contribution >= 4 is 6.03 Å². The SMILES string of the molecule is Cc1nn(CC(F)(F)F)c(C)c1[C@@H](C)NC(=O)N1CCC[C@@H]1CO. The molecule has 0 radical (unpaired) electrons. The maximum atomic E-state index is 12.6. The molecule has 2 atom stereocenters. The van der Waals surface area contributed by atoms with Gasteiger partial charge < -0.3 is 15.3 Å². The van der Waals surface area contributed by atoms with E-state index in [4.69, 9.17) is 0 Å². The average molecular weight is 348 g/mol. The highest BCUT2D eigenvalue weighted by atomic mass is 19.4. The van der Waals surface area contributed by atoms with Gasteiger partial charge in [0.2, 0.25) is 0 Å². The van der Waals surface area contributed by atoms with Gasteiger partial charge in [0.25, 0.3) is 0 Å². The number of rotatable bonds is 4. The maximum Gasteiger partial charge on any atom is 0.408 e. The standard InChI is InChI=1S/C15H23F3N4O2/c1-9(19-14(24)21-6-4-5-12(21)7-23)13-10(2)20-22(11(13)3)8-15(16,17)18/h9,12,23H,4-8H2,1-3H3,(H,19,24)/t9-,12-/m1/s1. The van der Waals surface area contributed by atoms with Gasteiger partial charge in [0.15, 0.2) is 0 Å². The molecule has 0 saturated carbocycles. The Morgan fingerprint density at radius 3 is 2.71 bits per heavy atom. The minimum Gasteiger partial charge on any atom is -0.394 e. The second-order valence-electron chi connectivity index (χ2n) is 6.20. The number of likely N-dealkylation sites (tertiary alicyclic amines) is 1. The van der Waals surface area contributed by atoms with Gasteiger partial charge in [-0.1, -0.05) is 0 Å². The number of carbonyl (C=O) groups excluding carboxylic acids is 1. The average Bonchev–Trinajstić information content (AvgIpc) is 3.02. The molecule has 1 fully saturated rings. The van der Waals surface area contributed by atoms with Gasteiger partial charge in [0.1, 0.15) is 6.54 Å². The topological polar surface area (TPSA) is 70.4 Å². The quantitative estimate of drug-likeness (QED) is 0.877. The van der Waals surface area contributed by atoms with E-state index in [9.17, 15) is 23.1 Å². The fourth-order valence-electron chi connectivity index (χ4n) is 3.29. The van der Waals surface area contributed by atoms with Crippen LogP contribution in [0.4, 0.5) is 18.0 Å². The van der Waals surface area contributed by atoms with E-state index >= 15 is 0 Å². The van der Waals surface area contributed by atoms with Gasteiger partial charge in [-0.3, -0.25) is 4.68 Å². The molecule has 24 heavy (non-hydrogen) atoms. The summed E-state index contributed by atoms with van der Waals surface area (Å²) in [6.07, 6.45) is -2.77. The summed E-state index contributed by atoms with van der Waals surface area (Å²) in [4.78, 5) is 13.9. The van der Waals surface area contributed by atoms with Gasteiger partial charge in [-0.2, -0.15) is 18.3 Å². The molecular weight excluding hydrogens is 325 g/mol. The molecule has 1 aromatic rings. The van der Waals surface area contributed by atoms with Crippen molar-refractivity contribution in [3.8, 4) is 0 Å². The van der Waals surface area contributed by atoms with Crippen LogP contribution in [0.25, 0.3) is 0 Å². The molecule has 9 heteroatoms. The second kappa shape index (κ2) is 7.00. The first-order valence-corrected chi connectivity index (χ1v) is 7.92. The summed E-state index contributed by atoms with van der Waals surface area (Å²) in [7, 11) is 0. The number of hydrogen-bond donors (Lipinski definition) is 2. The summed E-state index contributed by atoms with van der Waals surface area (Å²) in [6, 6.07) is -0.992. The molecule has 2 rings (SSSR count). The number of carbonyl (C=O) groups is 1. The van der Waals surface area contributed by atoms with Gasteiger partial charge in [-0.05, 0) is 33.6 Å². The van der Waals surface area contributed by atoms with Crippen molar-refractivity contribution in [3.63, 3.8) is 0 Å². The highest BCUT2D eigenvalue weighted by Crippen LogP contribution is 2.25. The summed E-state index contributed by atoms with van der Waals surface area (Å²) in [5, 5.41) is 16.0. The van der Waals surface area contributed by atoms with Gasteiger partial charge in [-0.25, -0.2) is 4.79 Å². The Kier molecular flexibility index (Phi) is 5.42. The summed E-state index contributed by atoms with van der Waals surface area (Å²) in [5.74, 6) is 0. The molecule has 6 nitrogen and oxygen atoms in total. The van der Waals surface area contributed by atoms with Crippen molar-refractivity contribution in [2.45, 2.75) is 58.4 Å². The van der Waals surface area contributed by atoms with Crippen LogP contribution in [0.5, 0.6) is 0 Å². The molecule has 136 valence electrons. The first-order valence-electron chi connectivity index (χ1n) is 7.92. The molecule has 2 N–H and O–H groups in total. The smallest absolute Gasteiger partial charge is 0.394 e. The van der Waals surface area contributed by atoms with E-state index < -0.39 is 18.8 Å². The lowest BCUT2D eigenvalue weighted by Crippen LogP contribution is -2.45. The molecule has 0 aliphatic carbocycles. The lowest BCUT2D eigenvalue weighted by Gasteiger charge is -2.25. The van der Waals surface area contributed by atoms with E-state index in [1.165, 1.54) is 0 Å². The Morgan fingerprint density at radius 1 is 1.46 bits per heavy atom. The molecule has 0 aromatic carbocycles. The number of halogens is 3. The predicted octanol–water partition coefficient (Wildman–Crippen LogP) is 2.29.